The van der Waals surface area contributed by atoms with Crippen LogP contribution in [0, 0.1) is 0 Å². The molecule has 0 bridgehead atoms. The van der Waals surface area contributed by atoms with E-state index >= 15 is 0 Å². The van der Waals surface area contributed by atoms with Gasteiger partial charge < -0.3 is 23.3 Å². The van der Waals surface area contributed by atoms with Crippen LogP contribution in [0.2, 0.25) is 0 Å². The summed E-state index contributed by atoms with van der Waals surface area (Å²) in [6.07, 6.45) is 0. The molecule has 0 radical (unpaired) electrons. The van der Waals surface area contributed by atoms with Gasteiger partial charge in [0.05, 0.1) is 0 Å². The molecule has 0 aromatic carbocycles. The molecular weight excluding hydrogens is 239 g/mol. The minimum atomic E-state index is -3.20. The fourth-order valence-electron chi connectivity index (χ4n) is 0.0747. The van der Waals surface area contributed by atoms with E-state index in [0.717, 1.165) is 0 Å². The first kappa shape index (κ1) is 17.6. The van der Waals surface area contributed by atoms with Crippen molar-refractivity contribution in [2.45, 2.75) is 0 Å². The molecular formula is H7AlO8Si3. The number of hydrogen-bond acceptors (Lipinski definition) is 4. The van der Waals surface area contributed by atoms with Gasteiger partial charge in [0.15, 0.2) is 17.4 Å². The highest BCUT2D eigenvalue weighted by Gasteiger charge is 2.12. The van der Waals surface area contributed by atoms with Crippen molar-refractivity contribution in [3.05, 3.63) is 0 Å². The Balaban J connectivity index is -0.000000142. The van der Waals surface area contributed by atoms with E-state index in [2.05, 4.69) is 4.12 Å². The summed E-state index contributed by atoms with van der Waals surface area (Å²) in [6, 6.07) is 0. The molecule has 0 aliphatic carbocycles. The van der Waals surface area contributed by atoms with Crippen LogP contribution < -0.4 is 0 Å². The quantitative estimate of drug-likeness (QED) is 0.355. The Morgan fingerprint density at radius 1 is 0.833 bits per heavy atom. The summed E-state index contributed by atoms with van der Waals surface area (Å²) in [5.41, 5.74) is 0. The topological polar surface area (TPSA) is 141 Å². The predicted octanol–water partition coefficient (Wildman–Crippen LogP) is -4.98. The van der Waals surface area contributed by atoms with E-state index in [4.69, 9.17) is 23.6 Å². The summed E-state index contributed by atoms with van der Waals surface area (Å²) in [6.45, 7) is 0. The van der Waals surface area contributed by atoms with Crippen molar-refractivity contribution in [2.24, 2.45) is 0 Å². The highest BCUT2D eigenvalue weighted by atomic mass is 28.4. The average molecular weight is 246 g/mol. The Bertz CT molecular complexity index is 148. The molecule has 0 aromatic heterocycles. The van der Waals surface area contributed by atoms with Crippen LogP contribution in [-0.4, -0.2) is 64.1 Å². The van der Waals surface area contributed by atoms with Crippen molar-refractivity contribution in [2.75, 3.05) is 0 Å². The highest BCUT2D eigenvalue weighted by Crippen LogP contribution is 1.62. The van der Waals surface area contributed by atoms with Crippen molar-refractivity contribution in [3.63, 3.8) is 0 Å². The van der Waals surface area contributed by atoms with Gasteiger partial charge in [-0.15, -0.1) is 0 Å². The van der Waals surface area contributed by atoms with E-state index in [1.54, 1.807) is 0 Å². The van der Waals surface area contributed by atoms with Gasteiger partial charge in [0.25, 0.3) is 0 Å². The second-order valence-electron chi connectivity index (χ2n) is 0.916. The summed E-state index contributed by atoms with van der Waals surface area (Å²) < 4.78 is 31.1. The van der Waals surface area contributed by atoms with E-state index < -0.39 is 27.5 Å². The zero-order chi connectivity index (χ0) is 9.44. The Labute approximate surface area is 81.9 Å². The van der Waals surface area contributed by atoms with Gasteiger partial charge in [0.1, 0.15) is 0 Å². The smallest absolute Gasteiger partial charge is 0.512 e. The molecule has 12 heteroatoms. The molecule has 0 saturated heterocycles. The molecule has 12 heavy (non-hydrogen) atoms. The Morgan fingerprint density at radius 3 is 1.00 bits per heavy atom. The second-order valence-corrected chi connectivity index (χ2v) is 3.36. The van der Waals surface area contributed by atoms with Gasteiger partial charge in [-0.05, 0) is 0 Å². The SMILES string of the molecule is O=[Si](O)O.O=[Si](O)O[Si](=O)O.[AlH3]. The van der Waals surface area contributed by atoms with Crippen LogP contribution in [0.15, 0.2) is 0 Å². The van der Waals surface area contributed by atoms with Crippen molar-refractivity contribution < 1.29 is 36.7 Å². The minimum Gasteiger partial charge on any atom is -0.512 e. The van der Waals surface area contributed by atoms with Crippen molar-refractivity contribution in [1.82, 2.24) is 0 Å². The van der Waals surface area contributed by atoms with Crippen LogP contribution >= 0.6 is 0 Å². The molecule has 0 spiro atoms. The normalized spacial score (nSPS) is 6.33. The average Bonchev–Trinajstić information content (AvgIpc) is 1.56. The molecule has 0 unspecified atom stereocenters. The fourth-order valence-corrected chi connectivity index (χ4v) is 0.672. The summed E-state index contributed by atoms with van der Waals surface area (Å²) in [5, 5.41) is 0. The predicted molar refractivity (Wildman–Crippen MR) is 39.2 cm³/mol. The molecule has 0 heterocycles. The lowest BCUT2D eigenvalue weighted by Gasteiger charge is -1.82. The molecule has 8 nitrogen and oxygen atoms in total. The van der Waals surface area contributed by atoms with Gasteiger partial charge in [0, 0.05) is 0 Å². The number of hydrogen-bond donors (Lipinski definition) is 4. The van der Waals surface area contributed by atoms with Crippen LogP contribution in [0.4, 0.5) is 0 Å². The monoisotopic (exact) mass is 246 g/mol. The molecule has 0 aliphatic rings. The minimum absolute atomic E-state index is 0. The van der Waals surface area contributed by atoms with Crippen molar-refractivity contribution >= 4 is 44.9 Å². The number of rotatable bonds is 2. The summed E-state index contributed by atoms with van der Waals surface area (Å²) in [4.78, 5) is 29.7. The lowest BCUT2D eigenvalue weighted by Crippen LogP contribution is -2.14. The summed E-state index contributed by atoms with van der Waals surface area (Å²) in [5.74, 6) is 0. The van der Waals surface area contributed by atoms with Crippen molar-refractivity contribution in [1.29, 1.82) is 0 Å². The third kappa shape index (κ3) is 55.0. The van der Waals surface area contributed by atoms with Gasteiger partial charge in [0.2, 0.25) is 0 Å². The zero-order valence-corrected chi connectivity index (χ0v) is 7.92. The molecule has 70 valence electrons. The van der Waals surface area contributed by atoms with E-state index in [1.807, 2.05) is 0 Å². The lowest BCUT2D eigenvalue weighted by atomic mass is 15.7. The molecule has 0 aliphatic heterocycles. The standard InChI is InChI=1S/Al.H2O5Si2.H2O3Si.3H/c;1-6(2)5-7(3)4;1-4(2)3;;;/h;1,3H;1-2H;;;. The van der Waals surface area contributed by atoms with E-state index in [9.17, 15) is 8.92 Å². The zero-order valence-electron chi connectivity index (χ0n) is 4.92. The molecule has 0 rings (SSSR count). The van der Waals surface area contributed by atoms with E-state index in [0.29, 0.717) is 0 Å². The lowest BCUT2D eigenvalue weighted by molar-refractivity contribution is 0.275. The Morgan fingerprint density at radius 2 is 1.00 bits per heavy atom. The van der Waals surface area contributed by atoms with Crippen LogP contribution in [0.1, 0.15) is 0 Å². The Hall–Kier alpha value is -0.417. The van der Waals surface area contributed by atoms with Crippen LogP contribution in [0.3, 0.4) is 0 Å². The van der Waals surface area contributed by atoms with Gasteiger partial charge in [-0.1, -0.05) is 0 Å². The van der Waals surface area contributed by atoms with Gasteiger partial charge in [-0.3, -0.25) is 13.4 Å². The largest absolute Gasteiger partial charge is 0.761 e. The molecule has 0 atom stereocenters. The van der Waals surface area contributed by atoms with Gasteiger partial charge in [-0.2, -0.15) is 0 Å². The van der Waals surface area contributed by atoms with Crippen LogP contribution in [0.5, 0.6) is 0 Å². The van der Waals surface area contributed by atoms with Crippen LogP contribution in [0.25, 0.3) is 0 Å². The summed E-state index contributed by atoms with van der Waals surface area (Å²) >= 11 is 0. The first-order valence-electron chi connectivity index (χ1n) is 1.92. The maximum absolute atomic E-state index is 9.44. The molecule has 0 amide bonds. The van der Waals surface area contributed by atoms with Crippen LogP contribution in [-0.2, 0) is 17.5 Å². The molecule has 0 aromatic rings. The highest BCUT2D eigenvalue weighted by molar-refractivity contribution is 6.40. The summed E-state index contributed by atoms with van der Waals surface area (Å²) in [7, 11) is -9.53. The Kier molecular flexibility index (Phi) is 15.5. The van der Waals surface area contributed by atoms with Gasteiger partial charge >= 0.3 is 27.5 Å². The molecule has 4 N–H and O–H groups in total. The van der Waals surface area contributed by atoms with Crippen molar-refractivity contribution in [3.8, 4) is 0 Å². The maximum Gasteiger partial charge on any atom is 0.761 e. The molecule has 0 fully saturated rings. The van der Waals surface area contributed by atoms with Gasteiger partial charge in [-0.25, -0.2) is 0 Å². The fraction of sp³-hybridized carbons (Fsp3) is 0. The second kappa shape index (κ2) is 10.6. The first-order chi connectivity index (χ1) is 4.86. The maximum atomic E-state index is 9.44. The third-order valence-corrected chi connectivity index (χ3v) is 1.57. The third-order valence-electron chi connectivity index (χ3n) is 0.175. The first-order valence-corrected chi connectivity index (χ1v) is 5.75. The molecule has 0 saturated carbocycles. The van der Waals surface area contributed by atoms with E-state index in [1.165, 1.54) is 0 Å². The van der Waals surface area contributed by atoms with E-state index in [-0.39, 0.29) is 17.4 Å².